The number of aromatic hydroxyl groups is 1. The third kappa shape index (κ3) is 11.9. The first kappa shape index (κ1) is 48.4. The number of aliphatic hydroxyl groups is 2. The number of fused-ring (bicyclic) bond motifs is 3. The van der Waals surface area contributed by atoms with Crippen molar-refractivity contribution in [2.24, 2.45) is 29.6 Å². The molecule has 1 aromatic rings. The van der Waals surface area contributed by atoms with Gasteiger partial charge in [0.25, 0.3) is 11.7 Å². The number of phenolic OH excluding ortho intramolecular Hbond substituents is 1. The van der Waals surface area contributed by atoms with Crippen molar-refractivity contribution in [1.82, 2.24) is 4.90 Å². The maximum absolute atomic E-state index is 14.4. The molecule has 5 rings (SSSR count). The highest BCUT2D eigenvalue weighted by atomic mass is 16.7. The number of hydrogen-bond acceptors (Lipinski definition) is 12. The second-order valence-electron chi connectivity index (χ2n) is 18.4. The molecule has 13 nitrogen and oxygen atoms in total. The first-order chi connectivity index (χ1) is 29.0. The largest absolute Gasteiger partial charge is 0.508 e. The van der Waals surface area contributed by atoms with Crippen LogP contribution in [0.4, 0.5) is 0 Å². The molecule has 13 atom stereocenters. The van der Waals surface area contributed by atoms with E-state index in [0.29, 0.717) is 63.5 Å². The van der Waals surface area contributed by atoms with Crippen LogP contribution >= 0.6 is 0 Å². The van der Waals surface area contributed by atoms with Crippen molar-refractivity contribution in [3.05, 3.63) is 47.6 Å². The van der Waals surface area contributed by atoms with E-state index >= 15 is 0 Å². The summed E-state index contributed by atoms with van der Waals surface area (Å²) in [6.45, 7) is 11.8. The number of rotatable bonds is 7. The number of hydrogen-bond donors (Lipinski definition) is 3. The third-order valence-electron chi connectivity index (χ3n) is 13.6. The quantitative estimate of drug-likeness (QED) is 0.152. The Hall–Kier alpha value is -3.62. The summed E-state index contributed by atoms with van der Waals surface area (Å²) < 4.78 is 30.6. The summed E-state index contributed by atoms with van der Waals surface area (Å²) >= 11 is 0. The van der Waals surface area contributed by atoms with Gasteiger partial charge in [-0.2, -0.15) is 0 Å². The minimum absolute atomic E-state index is 0.0222. The van der Waals surface area contributed by atoms with Gasteiger partial charge in [-0.1, -0.05) is 45.4 Å². The topological polar surface area (TPSA) is 178 Å². The van der Waals surface area contributed by atoms with Gasteiger partial charge in [0.05, 0.1) is 18.3 Å². The highest BCUT2D eigenvalue weighted by Gasteiger charge is 2.56. The number of methoxy groups -OCH3 is 2. The molecule has 61 heavy (non-hydrogen) atoms. The van der Waals surface area contributed by atoms with Crippen LogP contribution in [0.1, 0.15) is 119 Å². The van der Waals surface area contributed by atoms with Gasteiger partial charge in [-0.05, 0) is 132 Å². The van der Waals surface area contributed by atoms with Crippen LogP contribution in [-0.2, 0) is 38.1 Å². The van der Waals surface area contributed by atoms with Crippen molar-refractivity contribution in [3.63, 3.8) is 0 Å². The van der Waals surface area contributed by atoms with Gasteiger partial charge in [0.15, 0.2) is 0 Å². The lowest BCUT2D eigenvalue weighted by atomic mass is 9.82. The van der Waals surface area contributed by atoms with Crippen molar-refractivity contribution >= 4 is 23.4 Å². The second kappa shape index (κ2) is 21.6. The fourth-order valence-corrected chi connectivity index (χ4v) is 9.97. The fourth-order valence-electron chi connectivity index (χ4n) is 9.97. The Labute approximate surface area is 362 Å². The predicted molar refractivity (Wildman–Crippen MR) is 228 cm³/mol. The summed E-state index contributed by atoms with van der Waals surface area (Å²) in [5.74, 6) is -5.86. The molecule has 340 valence electrons. The van der Waals surface area contributed by atoms with E-state index in [1.165, 1.54) is 17.0 Å². The number of Topliss-reactive ketones (excluding diaryl/α,β-unsaturated/α-hetero) is 2. The predicted octanol–water partition coefficient (Wildman–Crippen LogP) is 6.64. The Kier molecular flexibility index (Phi) is 17.2. The number of ketones is 2. The Bertz CT molecular complexity index is 1730. The van der Waals surface area contributed by atoms with Gasteiger partial charge in [-0.25, -0.2) is 4.79 Å². The summed E-state index contributed by atoms with van der Waals surface area (Å²) in [4.78, 5) is 58.1. The number of carbonyl (C=O) groups excluding carboxylic acids is 4. The van der Waals surface area contributed by atoms with Crippen molar-refractivity contribution in [2.45, 2.75) is 167 Å². The van der Waals surface area contributed by atoms with Gasteiger partial charge in [0.1, 0.15) is 41.6 Å². The van der Waals surface area contributed by atoms with E-state index in [9.17, 15) is 34.5 Å². The number of nitrogens with zero attached hydrogens (tertiary/aromatic N) is 1. The molecule has 13 heteroatoms. The van der Waals surface area contributed by atoms with Gasteiger partial charge in [-0.3, -0.25) is 14.4 Å². The Morgan fingerprint density at radius 3 is 2.30 bits per heavy atom. The van der Waals surface area contributed by atoms with E-state index in [1.807, 2.05) is 27.7 Å². The molecule has 3 heterocycles. The second-order valence-corrected chi connectivity index (χ2v) is 18.4. The summed E-state index contributed by atoms with van der Waals surface area (Å²) in [6.07, 6.45) is 6.11. The van der Waals surface area contributed by atoms with Crippen LogP contribution in [0.25, 0.3) is 0 Å². The van der Waals surface area contributed by atoms with Crippen molar-refractivity contribution in [1.29, 1.82) is 0 Å². The first-order valence-corrected chi connectivity index (χ1v) is 22.5. The van der Waals surface area contributed by atoms with Crippen LogP contribution < -0.4 is 4.74 Å². The van der Waals surface area contributed by atoms with Gasteiger partial charge in [-0.15, -0.1) is 0 Å². The van der Waals surface area contributed by atoms with Gasteiger partial charge >= 0.3 is 5.97 Å². The molecule has 3 aliphatic heterocycles. The lowest BCUT2D eigenvalue weighted by Gasteiger charge is -2.47. The molecular weight excluding hydrogens is 783 g/mol. The number of benzene rings is 1. The first-order valence-electron chi connectivity index (χ1n) is 22.5. The molecule has 1 aromatic carbocycles. The summed E-state index contributed by atoms with van der Waals surface area (Å²) in [6, 6.07) is 5.29. The van der Waals surface area contributed by atoms with Crippen molar-refractivity contribution < 1.29 is 58.2 Å². The number of carbonyl (C=O) groups is 4. The molecule has 2 saturated heterocycles. The Morgan fingerprint density at radius 1 is 0.934 bits per heavy atom. The molecule has 0 radical (unpaired) electrons. The van der Waals surface area contributed by atoms with Crippen LogP contribution in [0.3, 0.4) is 0 Å². The minimum atomic E-state index is -2.49. The summed E-state index contributed by atoms with van der Waals surface area (Å²) in [5.41, 5.74) is 1.84. The molecule has 2 bridgehead atoms. The lowest BCUT2D eigenvalue weighted by Crippen LogP contribution is -2.64. The highest BCUT2D eigenvalue weighted by molar-refractivity contribution is 6.39. The highest BCUT2D eigenvalue weighted by Crippen LogP contribution is 2.39. The van der Waals surface area contributed by atoms with Crippen LogP contribution in [0.15, 0.2) is 47.6 Å². The van der Waals surface area contributed by atoms with E-state index in [0.717, 1.165) is 11.1 Å². The zero-order valence-corrected chi connectivity index (χ0v) is 37.5. The molecule has 3 N–H and O–H groups in total. The van der Waals surface area contributed by atoms with Crippen molar-refractivity contribution in [2.75, 3.05) is 20.8 Å². The molecule has 1 saturated carbocycles. The van der Waals surface area contributed by atoms with Crippen LogP contribution in [0.5, 0.6) is 11.5 Å². The van der Waals surface area contributed by atoms with E-state index in [-0.39, 0.29) is 61.0 Å². The number of piperidine rings is 1. The third-order valence-corrected chi connectivity index (χ3v) is 13.6. The van der Waals surface area contributed by atoms with Gasteiger partial charge in [0, 0.05) is 39.0 Å². The average molecular weight is 854 g/mol. The number of ether oxygens (including phenoxy) is 5. The van der Waals surface area contributed by atoms with E-state index < -0.39 is 72.0 Å². The number of phenols is 1. The maximum atomic E-state index is 14.4. The lowest BCUT2D eigenvalue weighted by molar-refractivity contribution is -0.302. The number of amides is 1. The van der Waals surface area contributed by atoms with Crippen LogP contribution in [0.2, 0.25) is 0 Å². The van der Waals surface area contributed by atoms with E-state index in [4.69, 9.17) is 23.7 Å². The molecule has 0 aromatic heterocycles. The van der Waals surface area contributed by atoms with Crippen LogP contribution in [-0.4, -0.2) is 113 Å². The molecule has 13 unspecified atom stereocenters. The average Bonchev–Trinajstić information content (AvgIpc) is 3.24. The molecule has 4 aliphatic rings. The SMILES string of the molecule is CCC1C=C(C)CC(C)CC(OC)C2OC(O)(C(=O)C(=O)N3CCCCC3C(=O)OC(C(C)=CC3CCC(O)C(Oc4ccc(O)cc4)C3)C(C)CCC1=O)C(C)CC2OC. The fraction of sp³-hybridized carbons (Fsp3) is 0.708. The minimum Gasteiger partial charge on any atom is -0.508 e. The normalized spacial score (nSPS) is 36.9. The molecule has 3 fully saturated rings. The zero-order chi connectivity index (χ0) is 44.6. The Balaban J connectivity index is 1.48. The number of aliphatic hydroxyl groups excluding tert-OH is 1. The molecular formula is C48H71NO12. The summed E-state index contributed by atoms with van der Waals surface area (Å²) in [7, 11) is 3.09. The standard InChI is InChI=1S/C48H71NO12/c1-9-34-23-28(2)22-29(3)24-41(57-7)44-42(58-8)26-32(6)48(56,61-44)45(53)46(54)49-21-11-10-12-37(49)47(55)60-43(30(4)13-19-38(34)51)31(5)25-33-14-20-39(52)40(27-33)59-36-17-15-35(50)16-18-36/h15-18,23,25,29-30,32-34,37,39-44,50,52,56H,9-14,19-22,24,26-27H2,1-8H3. The van der Waals surface area contributed by atoms with E-state index in [1.54, 1.807) is 33.3 Å². The van der Waals surface area contributed by atoms with Gasteiger partial charge < -0.3 is 43.9 Å². The van der Waals surface area contributed by atoms with Crippen molar-refractivity contribution in [3.8, 4) is 11.5 Å². The molecule has 1 aliphatic carbocycles. The Morgan fingerprint density at radius 2 is 1.62 bits per heavy atom. The zero-order valence-electron chi connectivity index (χ0n) is 37.5. The summed E-state index contributed by atoms with van der Waals surface area (Å²) in [5, 5.41) is 32.7. The number of esters is 1. The van der Waals surface area contributed by atoms with Crippen LogP contribution in [0, 0.1) is 29.6 Å². The number of allylic oxidation sites excluding steroid dienone is 3. The molecule has 0 spiro atoms. The number of cyclic esters (lactones) is 1. The smallest absolute Gasteiger partial charge is 0.329 e. The monoisotopic (exact) mass is 853 g/mol. The molecule has 1 amide bonds. The van der Waals surface area contributed by atoms with E-state index in [2.05, 4.69) is 19.1 Å². The maximum Gasteiger partial charge on any atom is 0.329 e. The van der Waals surface area contributed by atoms with Gasteiger partial charge in [0.2, 0.25) is 5.79 Å².